The minimum absolute atomic E-state index is 0.128. The molecule has 1 amide bonds. The van der Waals surface area contributed by atoms with Gasteiger partial charge in [0.25, 0.3) is 0 Å². The summed E-state index contributed by atoms with van der Waals surface area (Å²) in [4.78, 5) is 25.2. The first-order valence-electron chi connectivity index (χ1n) is 10.3. The number of rotatable bonds is 7. The van der Waals surface area contributed by atoms with Gasteiger partial charge in [-0.1, -0.05) is 0 Å². The Morgan fingerprint density at radius 3 is 2.40 bits per heavy atom. The van der Waals surface area contributed by atoms with Gasteiger partial charge in [0.1, 0.15) is 6.61 Å². The molecule has 3 aliphatic rings. The largest absolute Gasteiger partial charge is 0.490 e. The van der Waals surface area contributed by atoms with Gasteiger partial charge >= 0.3 is 12.1 Å². The standard InChI is InChI=1S/C17H30N2O4.C2HF3O2/c1-21-11-10-18-9-6-16-15(18)5-4-14(23-16)12-22-13-17(20)19-7-2-3-8-19;3-2(4,5)1(6)7/h14-16H,2-13H2,1H3;(H,6,7)/t14?,15-,16-;/m0./s1. The van der Waals surface area contributed by atoms with Crippen molar-refractivity contribution >= 4 is 11.9 Å². The molecule has 0 aromatic heterocycles. The first-order valence-corrected chi connectivity index (χ1v) is 10.3. The number of hydrogen-bond acceptors (Lipinski definition) is 6. The lowest BCUT2D eigenvalue weighted by Crippen LogP contribution is -2.44. The number of alkyl halides is 3. The predicted molar refractivity (Wildman–Crippen MR) is 100 cm³/mol. The Morgan fingerprint density at radius 2 is 1.80 bits per heavy atom. The van der Waals surface area contributed by atoms with E-state index in [9.17, 15) is 18.0 Å². The lowest BCUT2D eigenvalue weighted by molar-refractivity contribution is -0.192. The maximum Gasteiger partial charge on any atom is 0.490 e. The molecule has 0 radical (unpaired) electrons. The van der Waals surface area contributed by atoms with Gasteiger partial charge in [-0.2, -0.15) is 13.2 Å². The topological polar surface area (TPSA) is 88.5 Å². The molecule has 30 heavy (non-hydrogen) atoms. The van der Waals surface area contributed by atoms with Gasteiger partial charge in [0.15, 0.2) is 0 Å². The number of nitrogens with zero attached hydrogens (tertiary/aromatic N) is 2. The summed E-state index contributed by atoms with van der Waals surface area (Å²) in [5.74, 6) is -2.63. The molecular weight excluding hydrogens is 409 g/mol. The van der Waals surface area contributed by atoms with Crippen molar-refractivity contribution in [2.75, 3.05) is 53.1 Å². The van der Waals surface area contributed by atoms with E-state index in [0.717, 1.165) is 64.9 Å². The number of ether oxygens (including phenoxy) is 3. The molecule has 174 valence electrons. The van der Waals surface area contributed by atoms with Crippen LogP contribution in [0.1, 0.15) is 32.1 Å². The van der Waals surface area contributed by atoms with Gasteiger partial charge in [0.05, 0.1) is 25.4 Å². The summed E-state index contributed by atoms with van der Waals surface area (Å²) in [7, 11) is 1.75. The smallest absolute Gasteiger partial charge is 0.475 e. The molecule has 3 atom stereocenters. The van der Waals surface area contributed by atoms with Gasteiger partial charge in [-0.25, -0.2) is 4.79 Å². The lowest BCUT2D eigenvalue weighted by Gasteiger charge is -2.36. The number of carboxylic acids is 1. The number of carbonyl (C=O) groups excluding carboxylic acids is 1. The van der Waals surface area contributed by atoms with Crippen LogP contribution in [0.4, 0.5) is 13.2 Å². The summed E-state index contributed by atoms with van der Waals surface area (Å²) in [6, 6.07) is 0.535. The van der Waals surface area contributed by atoms with E-state index in [1.54, 1.807) is 7.11 Å². The zero-order chi connectivity index (χ0) is 22.1. The molecule has 3 rings (SSSR count). The quantitative estimate of drug-likeness (QED) is 0.642. The van der Waals surface area contributed by atoms with E-state index in [0.29, 0.717) is 18.8 Å². The minimum atomic E-state index is -5.08. The van der Waals surface area contributed by atoms with E-state index in [4.69, 9.17) is 24.1 Å². The molecule has 0 bridgehead atoms. The molecule has 0 spiro atoms. The Kier molecular flexibility index (Phi) is 9.79. The van der Waals surface area contributed by atoms with Crippen molar-refractivity contribution in [2.45, 2.75) is 56.5 Å². The molecule has 0 aliphatic carbocycles. The summed E-state index contributed by atoms with van der Waals surface area (Å²) >= 11 is 0. The van der Waals surface area contributed by atoms with Crippen molar-refractivity contribution in [2.24, 2.45) is 0 Å². The molecule has 0 aromatic carbocycles. The number of methoxy groups -OCH3 is 1. The zero-order valence-electron chi connectivity index (χ0n) is 17.2. The van der Waals surface area contributed by atoms with Gasteiger partial charge in [0.2, 0.25) is 5.91 Å². The molecule has 0 aromatic rings. The summed E-state index contributed by atoms with van der Waals surface area (Å²) in [6.45, 7) is 5.40. The number of hydrogen-bond donors (Lipinski definition) is 1. The monoisotopic (exact) mass is 440 g/mol. The van der Waals surface area contributed by atoms with Crippen molar-refractivity contribution < 1.29 is 42.1 Å². The van der Waals surface area contributed by atoms with E-state index in [1.165, 1.54) is 0 Å². The molecule has 3 fully saturated rings. The van der Waals surface area contributed by atoms with E-state index in [1.807, 2.05) is 4.90 Å². The highest BCUT2D eigenvalue weighted by Crippen LogP contribution is 2.31. The zero-order valence-corrected chi connectivity index (χ0v) is 17.2. The summed E-state index contributed by atoms with van der Waals surface area (Å²) < 4.78 is 48.8. The van der Waals surface area contributed by atoms with Crippen LogP contribution in [0.3, 0.4) is 0 Å². The van der Waals surface area contributed by atoms with Crippen molar-refractivity contribution in [3.63, 3.8) is 0 Å². The van der Waals surface area contributed by atoms with Crippen LogP contribution in [-0.2, 0) is 23.8 Å². The Bertz CT molecular complexity index is 557. The number of aliphatic carboxylic acids is 1. The normalized spacial score (nSPS) is 26.8. The van der Waals surface area contributed by atoms with Crippen LogP contribution in [0.15, 0.2) is 0 Å². The van der Waals surface area contributed by atoms with Crippen LogP contribution >= 0.6 is 0 Å². The Morgan fingerprint density at radius 1 is 1.13 bits per heavy atom. The third-order valence-electron chi connectivity index (χ3n) is 5.56. The molecule has 8 nitrogen and oxygen atoms in total. The lowest BCUT2D eigenvalue weighted by atomic mass is 9.99. The third kappa shape index (κ3) is 7.68. The Hall–Kier alpha value is -1.43. The average molecular weight is 440 g/mol. The highest BCUT2D eigenvalue weighted by molar-refractivity contribution is 5.77. The summed E-state index contributed by atoms with van der Waals surface area (Å²) in [6.07, 6.45) is 0.900. The van der Waals surface area contributed by atoms with Crippen LogP contribution < -0.4 is 0 Å². The first-order chi connectivity index (χ1) is 14.2. The Labute approximate surface area is 174 Å². The molecule has 0 saturated carbocycles. The van der Waals surface area contributed by atoms with Crippen molar-refractivity contribution in [3.8, 4) is 0 Å². The van der Waals surface area contributed by atoms with Crippen LogP contribution in [0.5, 0.6) is 0 Å². The highest BCUT2D eigenvalue weighted by Gasteiger charge is 2.39. The minimum Gasteiger partial charge on any atom is -0.475 e. The second-order valence-corrected chi connectivity index (χ2v) is 7.66. The second-order valence-electron chi connectivity index (χ2n) is 7.66. The van der Waals surface area contributed by atoms with Gasteiger partial charge in [0, 0.05) is 39.3 Å². The third-order valence-corrected chi connectivity index (χ3v) is 5.56. The fourth-order valence-electron chi connectivity index (χ4n) is 4.03. The summed E-state index contributed by atoms with van der Waals surface area (Å²) in [5, 5.41) is 7.12. The van der Waals surface area contributed by atoms with Gasteiger partial charge in [-0.3, -0.25) is 9.69 Å². The average Bonchev–Trinajstić information content (AvgIpc) is 3.36. The van der Waals surface area contributed by atoms with Gasteiger partial charge < -0.3 is 24.2 Å². The molecule has 3 aliphatic heterocycles. The van der Waals surface area contributed by atoms with Crippen molar-refractivity contribution in [1.82, 2.24) is 9.80 Å². The molecule has 3 saturated heterocycles. The highest BCUT2D eigenvalue weighted by atomic mass is 19.4. The number of carbonyl (C=O) groups is 2. The van der Waals surface area contributed by atoms with E-state index in [2.05, 4.69) is 4.90 Å². The molecule has 3 heterocycles. The first kappa shape index (κ1) is 24.8. The molecular formula is C19H31F3N2O6. The van der Waals surface area contributed by atoms with Crippen LogP contribution in [0.2, 0.25) is 0 Å². The SMILES string of the molecule is COCCN1CC[C@@H]2OC(COCC(=O)N3CCCC3)CC[C@@H]21.O=C(O)C(F)(F)F. The number of carboxylic acid groups (broad SMARTS) is 1. The maximum absolute atomic E-state index is 12.0. The predicted octanol–water partition coefficient (Wildman–Crippen LogP) is 1.53. The van der Waals surface area contributed by atoms with E-state index in [-0.39, 0.29) is 18.6 Å². The van der Waals surface area contributed by atoms with Crippen LogP contribution in [-0.4, -0.2) is 104 Å². The fraction of sp³-hybridized carbons (Fsp3) is 0.895. The summed E-state index contributed by atoms with van der Waals surface area (Å²) in [5.41, 5.74) is 0. The number of fused-ring (bicyclic) bond motifs is 1. The van der Waals surface area contributed by atoms with Gasteiger partial charge in [-0.15, -0.1) is 0 Å². The molecule has 1 N–H and O–H groups in total. The van der Waals surface area contributed by atoms with Crippen molar-refractivity contribution in [1.29, 1.82) is 0 Å². The molecule has 1 unspecified atom stereocenters. The van der Waals surface area contributed by atoms with E-state index >= 15 is 0 Å². The Balaban J connectivity index is 0.000000396. The maximum atomic E-state index is 12.0. The molecule has 11 heteroatoms. The van der Waals surface area contributed by atoms with Crippen LogP contribution in [0.25, 0.3) is 0 Å². The van der Waals surface area contributed by atoms with Crippen molar-refractivity contribution in [3.05, 3.63) is 0 Å². The number of halogens is 3. The van der Waals surface area contributed by atoms with Gasteiger partial charge in [-0.05, 0) is 32.1 Å². The second kappa shape index (κ2) is 11.8. The van der Waals surface area contributed by atoms with Crippen LogP contribution in [0, 0.1) is 0 Å². The number of amides is 1. The van der Waals surface area contributed by atoms with E-state index < -0.39 is 12.1 Å². The number of likely N-dealkylation sites (tertiary alicyclic amines) is 2. The fourth-order valence-corrected chi connectivity index (χ4v) is 4.03.